The molecule has 2 rings (SSSR count). The van der Waals surface area contributed by atoms with Gasteiger partial charge in [0, 0.05) is 19.0 Å². The Balaban J connectivity index is 2.34. The first kappa shape index (κ1) is 13.8. The van der Waals surface area contributed by atoms with Crippen LogP contribution in [0.2, 0.25) is 0 Å². The van der Waals surface area contributed by atoms with Crippen molar-refractivity contribution in [3.63, 3.8) is 0 Å². The quantitative estimate of drug-likeness (QED) is 0.817. The standard InChI is InChI=1S/C12H18N6S/c1-5-6-9-15-10(13-4)7(2)11(16-9)19-12-14-8(3)17-18-12/h5-6H2,1-4H3,(H,13,15,16)(H,14,17,18). The Morgan fingerprint density at radius 1 is 1.21 bits per heavy atom. The van der Waals surface area contributed by atoms with E-state index in [1.807, 2.05) is 20.9 Å². The van der Waals surface area contributed by atoms with Crippen molar-refractivity contribution in [1.82, 2.24) is 25.1 Å². The van der Waals surface area contributed by atoms with Gasteiger partial charge in [-0.25, -0.2) is 15.0 Å². The topological polar surface area (TPSA) is 79.4 Å². The van der Waals surface area contributed by atoms with Gasteiger partial charge in [-0.2, -0.15) is 0 Å². The minimum atomic E-state index is 0.684. The number of aromatic amines is 1. The second kappa shape index (κ2) is 6.01. The third-order valence-electron chi connectivity index (χ3n) is 2.62. The maximum atomic E-state index is 4.59. The number of aromatic nitrogens is 5. The highest BCUT2D eigenvalue weighted by molar-refractivity contribution is 7.99. The summed E-state index contributed by atoms with van der Waals surface area (Å²) in [6.07, 6.45) is 1.89. The molecule has 102 valence electrons. The summed E-state index contributed by atoms with van der Waals surface area (Å²) in [4.78, 5) is 13.4. The fourth-order valence-corrected chi connectivity index (χ4v) is 2.52. The molecule has 0 fully saturated rings. The van der Waals surface area contributed by atoms with Crippen LogP contribution in [0.4, 0.5) is 5.82 Å². The van der Waals surface area contributed by atoms with Crippen LogP contribution >= 0.6 is 11.8 Å². The second-order valence-corrected chi connectivity index (χ2v) is 5.18. The van der Waals surface area contributed by atoms with E-state index in [4.69, 9.17) is 0 Å². The lowest BCUT2D eigenvalue weighted by molar-refractivity contribution is 0.802. The van der Waals surface area contributed by atoms with Gasteiger partial charge in [-0.05, 0) is 32.0 Å². The Bertz CT molecular complexity index is 565. The van der Waals surface area contributed by atoms with Crippen molar-refractivity contribution in [1.29, 1.82) is 0 Å². The molecule has 19 heavy (non-hydrogen) atoms. The van der Waals surface area contributed by atoms with E-state index in [0.29, 0.717) is 5.16 Å². The average Bonchev–Trinajstić information content (AvgIpc) is 2.79. The van der Waals surface area contributed by atoms with Gasteiger partial charge < -0.3 is 5.32 Å². The largest absolute Gasteiger partial charge is 0.373 e. The van der Waals surface area contributed by atoms with E-state index in [1.165, 1.54) is 11.8 Å². The van der Waals surface area contributed by atoms with Crippen LogP contribution in [0.1, 0.15) is 30.6 Å². The molecule has 0 aliphatic rings. The van der Waals surface area contributed by atoms with Gasteiger partial charge in [0.2, 0.25) is 5.16 Å². The Morgan fingerprint density at radius 3 is 2.58 bits per heavy atom. The number of H-pyrrole nitrogens is 1. The zero-order chi connectivity index (χ0) is 13.8. The van der Waals surface area contributed by atoms with E-state index >= 15 is 0 Å². The molecular formula is C12H18N6S. The van der Waals surface area contributed by atoms with Crippen LogP contribution in [0.25, 0.3) is 0 Å². The molecule has 0 aromatic carbocycles. The van der Waals surface area contributed by atoms with Gasteiger partial charge in [-0.1, -0.05) is 6.92 Å². The summed E-state index contributed by atoms with van der Waals surface area (Å²) in [6.45, 7) is 6.00. The lowest BCUT2D eigenvalue weighted by atomic mass is 10.3. The van der Waals surface area contributed by atoms with Crippen molar-refractivity contribution in [3.05, 3.63) is 17.2 Å². The Labute approximate surface area is 116 Å². The van der Waals surface area contributed by atoms with Crippen LogP contribution in [0.3, 0.4) is 0 Å². The Kier molecular flexibility index (Phi) is 4.36. The zero-order valence-corrected chi connectivity index (χ0v) is 12.4. The lowest BCUT2D eigenvalue weighted by Gasteiger charge is -2.10. The summed E-state index contributed by atoms with van der Waals surface area (Å²) in [5, 5.41) is 11.7. The van der Waals surface area contributed by atoms with E-state index in [1.54, 1.807) is 0 Å². The third kappa shape index (κ3) is 3.23. The molecule has 0 saturated carbocycles. The zero-order valence-electron chi connectivity index (χ0n) is 11.6. The molecule has 6 nitrogen and oxygen atoms in total. The first-order valence-electron chi connectivity index (χ1n) is 6.26. The predicted octanol–water partition coefficient (Wildman–Crippen LogP) is 2.36. The fourth-order valence-electron chi connectivity index (χ4n) is 1.67. The molecule has 0 amide bonds. The molecule has 2 N–H and O–H groups in total. The molecule has 0 aliphatic carbocycles. The molecule has 2 aromatic heterocycles. The van der Waals surface area contributed by atoms with Gasteiger partial charge in [0.1, 0.15) is 22.5 Å². The molecule has 0 aliphatic heterocycles. The highest BCUT2D eigenvalue weighted by Crippen LogP contribution is 2.29. The Hall–Kier alpha value is -1.63. The minimum absolute atomic E-state index is 0.684. The number of aryl methyl sites for hydroxylation is 2. The molecule has 0 unspecified atom stereocenters. The first-order chi connectivity index (χ1) is 9.13. The van der Waals surface area contributed by atoms with Gasteiger partial charge in [-0.3, -0.25) is 5.10 Å². The summed E-state index contributed by atoms with van der Waals surface area (Å²) in [7, 11) is 1.87. The van der Waals surface area contributed by atoms with Gasteiger partial charge in [-0.15, -0.1) is 5.10 Å². The molecule has 0 bridgehead atoms. The van der Waals surface area contributed by atoms with Crippen molar-refractivity contribution in [2.24, 2.45) is 0 Å². The van der Waals surface area contributed by atoms with Crippen molar-refractivity contribution in [2.45, 2.75) is 43.8 Å². The summed E-state index contributed by atoms with van der Waals surface area (Å²) in [5.41, 5.74) is 1.02. The van der Waals surface area contributed by atoms with Crippen LogP contribution < -0.4 is 5.32 Å². The first-order valence-corrected chi connectivity index (χ1v) is 7.07. The van der Waals surface area contributed by atoms with Crippen molar-refractivity contribution in [2.75, 3.05) is 12.4 Å². The van der Waals surface area contributed by atoms with Crippen LogP contribution in [-0.4, -0.2) is 32.2 Å². The van der Waals surface area contributed by atoms with Gasteiger partial charge in [0.25, 0.3) is 0 Å². The van der Waals surface area contributed by atoms with E-state index in [9.17, 15) is 0 Å². The molecular weight excluding hydrogens is 260 g/mol. The summed E-state index contributed by atoms with van der Waals surface area (Å²) in [5.74, 6) is 2.53. The van der Waals surface area contributed by atoms with Crippen LogP contribution in [0.15, 0.2) is 10.2 Å². The van der Waals surface area contributed by atoms with E-state index in [-0.39, 0.29) is 0 Å². The SMILES string of the molecule is CCCc1nc(NC)c(C)c(Sc2n[nH]c(C)n2)n1. The maximum Gasteiger partial charge on any atom is 0.214 e. The third-order valence-corrected chi connectivity index (χ3v) is 3.58. The van der Waals surface area contributed by atoms with E-state index in [2.05, 4.69) is 37.4 Å². The summed E-state index contributed by atoms with van der Waals surface area (Å²) < 4.78 is 0. The fraction of sp³-hybridized carbons (Fsp3) is 0.500. The van der Waals surface area contributed by atoms with Gasteiger partial charge >= 0.3 is 0 Å². The minimum Gasteiger partial charge on any atom is -0.373 e. The average molecular weight is 278 g/mol. The smallest absolute Gasteiger partial charge is 0.214 e. The molecule has 0 radical (unpaired) electrons. The van der Waals surface area contributed by atoms with Crippen LogP contribution in [-0.2, 0) is 6.42 Å². The van der Waals surface area contributed by atoms with Crippen molar-refractivity contribution >= 4 is 17.6 Å². The van der Waals surface area contributed by atoms with Gasteiger partial charge in [0.05, 0.1) is 0 Å². The monoisotopic (exact) mass is 278 g/mol. The Morgan fingerprint density at radius 2 is 2.00 bits per heavy atom. The molecule has 2 aromatic rings. The number of hydrogen-bond acceptors (Lipinski definition) is 6. The number of anilines is 1. The molecule has 0 saturated heterocycles. The van der Waals surface area contributed by atoms with E-state index < -0.39 is 0 Å². The molecule has 2 heterocycles. The predicted molar refractivity (Wildman–Crippen MR) is 75.6 cm³/mol. The number of nitrogens with zero attached hydrogens (tertiary/aromatic N) is 4. The molecule has 0 spiro atoms. The lowest BCUT2D eigenvalue weighted by Crippen LogP contribution is -2.04. The maximum absolute atomic E-state index is 4.59. The van der Waals surface area contributed by atoms with E-state index in [0.717, 1.165) is 40.9 Å². The second-order valence-electron chi connectivity index (χ2n) is 4.22. The van der Waals surface area contributed by atoms with Crippen LogP contribution in [0, 0.1) is 13.8 Å². The van der Waals surface area contributed by atoms with Crippen molar-refractivity contribution < 1.29 is 0 Å². The van der Waals surface area contributed by atoms with Crippen LogP contribution in [0.5, 0.6) is 0 Å². The normalized spacial score (nSPS) is 10.7. The molecule has 7 heteroatoms. The van der Waals surface area contributed by atoms with Crippen molar-refractivity contribution in [3.8, 4) is 0 Å². The summed E-state index contributed by atoms with van der Waals surface area (Å²) in [6, 6.07) is 0. The number of hydrogen-bond donors (Lipinski definition) is 2. The van der Waals surface area contributed by atoms with Gasteiger partial charge in [0.15, 0.2) is 0 Å². The highest BCUT2D eigenvalue weighted by atomic mass is 32.2. The number of rotatable bonds is 5. The summed E-state index contributed by atoms with van der Waals surface area (Å²) >= 11 is 1.46. The highest BCUT2D eigenvalue weighted by Gasteiger charge is 2.13. The molecule has 0 atom stereocenters. The number of nitrogens with one attached hydrogen (secondary N) is 2.